The zero-order valence-corrected chi connectivity index (χ0v) is 25.4. The van der Waals surface area contributed by atoms with Gasteiger partial charge in [-0.15, -0.1) is 54.1 Å². The Labute approximate surface area is 252 Å². The van der Waals surface area contributed by atoms with Crippen molar-refractivity contribution in [2.45, 2.75) is 26.3 Å². The van der Waals surface area contributed by atoms with Gasteiger partial charge >= 0.3 is 0 Å². The third-order valence-corrected chi connectivity index (χ3v) is 7.52. The summed E-state index contributed by atoms with van der Waals surface area (Å²) in [4.78, 5) is 9.26. The second-order valence-corrected chi connectivity index (χ2v) is 10.6. The number of hydrogen-bond donors (Lipinski definition) is 0. The zero-order valence-electron chi connectivity index (χ0n) is 23.0. The first-order chi connectivity index (χ1) is 19.5. The number of fused-ring (bicyclic) bond motifs is 3. The fourth-order valence-corrected chi connectivity index (χ4v) is 5.53. The Morgan fingerprint density at radius 3 is 2.46 bits per heavy atom. The monoisotopic (exact) mass is 710 g/mol. The van der Waals surface area contributed by atoms with Crippen LogP contribution in [-0.2, 0) is 25.6 Å². The van der Waals surface area contributed by atoms with Gasteiger partial charge in [-0.1, -0.05) is 59.5 Å². The Hall–Kier alpha value is -4.31. The number of benzene rings is 4. The van der Waals surface area contributed by atoms with Gasteiger partial charge in [-0.2, -0.15) is 0 Å². The molecule has 0 N–H and O–H groups in total. The number of rotatable bonds is 2. The quantitative estimate of drug-likeness (QED) is 0.168. The van der Waals surface area contributed by atoms with E-state index in [1.165, 1.54) is 16.6 Å². The fraction of sp³-hybridized carbons (Fsp3) is 0.111. The Morgan fingerprint density at radius 1 is 0.829 bits per heavy atom. The van der Waals surface area contributed by atoms with Crippen LogP contribution >= 0.6 is 0 Å². The van der Waals surface area contributed by atoms with Crippen LogP contribution in [0.3, 0.4) is 0 Å². The van der Waals surface area contributed by atoms with Crippen molar-refractivity contribution >= 4 is 39.0 Å². The summed E-state index contributed by atoms with van der Waals surface area (Å²) in [5.74, 6) is 0.992. The molecule has 203 valence electrons. The van der Waals surface area contributed by atoms with E-state index in [9.17, 15) is 0 Å². The van der Waals surface area contributed by atoms with Gasteiger partial charge < -0.3 is 14.0 Å². The van der Waals surface area contributed by atoms with E-state index in [0.717, 1.165) is 50.1 Å². The number of aromatic nitrogens is 3. The van der Waals surface area contributed by atoms with E-state index in [1.54, 1.807) is 6.20 Å². The normalized spacial score (nSPS) is 13.1. The largest absolute Gasteiger partial charge is 0.501 e. The minimum atomic E-state index is -0.0887. The molecule has 4 aromatic carbocycles. The standard InChI is InChI=1S/C19H17N2.C17H10NO.Ir/c1-13-9-10-16-17-15(13)11-12-19(2,3)21(17)18(20-16)14-7-5-4-6-8-14;1-2-10-16-12(6-1)13-7-5-8-14(17(13)19-16)15-9-3-4-11-18-15;/h4-7,9-12H,1-3H3;1-7,9-11H;/q2*-1;. The number of para-hydroxylation sites is 1. The maximum atomic E-state index is 5.97. The molecule has 7 aromatic rings. The number of pyridine rings is 1. The van der Waals surface area contributed by atoms with Crippen molar-refractivity contribution < 1.29 is 24.5 Å². The van der Waals surface area contributed by atoms with Gasteiger partial charge in [0.15, 0.2) is 0 Å². The Balaban J connectivity index is 0.000000145. The summed E-state index contributed by atoms with van der Waals surface area (Å²) in [6.07, 6.45) is 6.28. The predicted octanol–water partition coefficient (Wildman–Crippen LogP) is 9.02. The molecule has 0 atom stereocenters. The predicted molar refractivity (Wildman–Crippen MR) is 163 cm³/mol. The van der Waals surface area contributed by atoms with Crippen molar-refractivity contribution in [3.05, 3.63) is 127 Å². The van der Waals surface area contributed by atoms with E-state index >= 15 is 0 Å². The molecule has 0 aliphatic carbocycles. The third kappa shape index (κ3) is 4.61. The van der Waals surface area contributed by atoms with Gasteiger partial charge in [-0.05, 0) is 50.2 Å². The summed E-state index contributed by atoms with van der Waals surface area (Å²) < 4.78 is 8.31. The van der Waals surface area contributed by atoms with Crippen molar-refractivity contribution in [1.82, 2.24) is 14.5 Å². The molecule has 0 fully saturated rings. The average molecular weight is 710 g/mol. The number of imidazole rings is 1. The van der Waals surface area contributed by atoms with Crippen LogP contribution < -0.4 is 0 Å². The van der Waals surface area contributed by atoms with Gasteiger partial charge in [-0.25, -0.2) is 0 Å². The second kappa shape index (κ2) is 10.6. The Bertz CT molecular complexity index is 2040. The number of furan rings is 1. The maximum absolute atomic E-state index is 5.97. The number of hydrogen-bond acceptors (Lipinski definition) is 3. The topological polar surface area (TPSA) is 43.9 Å². The number of nitrogens with zero attached hydrogens (tertiary/aromatic N) is 3. The summed E-state index contributed by atoms with van der Waals surface area (Å²) in [7, 11) is 0. The zero-order chi connectivity index (χ0) is 27.3. The van der Waals surface area contributed by atoms with Crippen LogP contribution in [0.25, 0.3) is 61.7 Å². The first-order valence-corrected chi connectivity index (χ1v) is 13.4. The van der Waals surface area contributed by atoms with Crippen LogP contribution in [0.2, 0.25) is 0 Å². The van der Waals surface area contributed by atoms with Gasteiger partial charge in [-0.3, -0.25) is 4.98 Å². The molecule has 0 saturated carbocycles. The molecular formula is C36H27IrN3O-2. The second-order valence-electron chi connectivity index (χ2n) is 10.6. The minimum absolute atomic E-state index is 0. The van der Waals surface area contributed by atoms with E-state index in [0.29, 0.717) is 0 Å². The Morgan fingerprint density at radius 2 is 1.66 bits per heavy atom. The van der Waals surface area contributed by atoms with Gasteiger partial charge in [0.1, 0.15) is 5.58 Å². The summed E-state index contributed by atoms with van der Waals surface area (Å²) >= 11 is 0. The molecule has 0 spiro atoms. The van der Waals surface area contributed by atoms with E-state index in [-0.39, 0.29) is 25.6 Å². The summed E-state index contributed by atoms with van der Waals surface area (Å²) in [6, 6.07) is 36.7. The van der Waals surface area contributed by atoms with Crippen molar-refractivity contribution in [3.8, 4) is 22.6 Å². The first kappa shape index (κ1) is 26.9. The van der Waals surface area contributed by atoms with Crippen LogP contribution in [0.5, 0.6) is 0 Å². The molecular weight excluding hydrogens is 683 g/mol. The smallest absolute Gasteiger partial charge is 0.120 e. The van der Waals surface area contributed by atoms with E-state index in [2.05, 4.69) is 78.9 Å². The molecule has 0 bridgehead atoms. The van der Waals surface area contributed by atoms with E-state index in [1.807, 2.05) is 66.7 Å². The molecule has 1 aliphatic heterocycles. The SMILES string of the molecule is Cc1ccc2nc(-c3[c-]cccc3)n3c2c1C=CC3(C)C.[Ir].[c-]1ccc2c(oc3ccccc32)c1-c1ccccn1. The van der Waals surface area contributed by atoms with Crippen LogP contribution in [0, 0.1) is 19.1 Å². The average Bonchev–Trinajstić information content (AvgIpc) is 3.58. The molecule has 3 aromatic heterocycles. The van der Waals surface area contributed by atoms with Gasteiger partial charge in [0, 0.05) is 37.3 Å². The molecule has 41 heavy (non-hydrogen) atoms. The van der Waals surface area contributed by atoms with Crippen molar-refractivity contribution in [2.24, 2.45) is 0 Å². The van der Waals surface area contributed by atoms with Crippen molar-refractivity contribution in [3.63, 3.8) is 0 Å². The van der Waals surface area contributed by atoms with E-state index < -0.39 is 0 Å². The van der Waals surface area contributed by atoms with Gasteiger partial charge in [0.25, 0.3) is 0 Å². The minimum Gasteiger partial charge on any atom is -0.501 e. The summed E-state index contributed by atoms with van der Waals surface area (Å²) in [6.45, 7) is 6.60. The van der Waals surface area contributed by atoms with Crippen molar-refractivity contribution in [2.75, 3.05) is 0 Å². The van der Waals surface area contributed by atoms with Crippen molar-refractivity contribution in [1.29, 1.82) is 0 Å². The molecule has 4 nitrogen and oxygen atoms in total. The number of aryl methyl sites for hydroxylation is 1. The molecule has 4 heterocycles. The van der Waals surface area contributed by atoms with Crippen LogP contribution in [0.1, 0.15) is 25.0 Å². The Kier molecular flexibility index (Phi) is 6.94. The van der Waals surface area contributed by atoms with Crippen LogP contribution in [0.15, 0.2) is 108 Å². The van der Waals surface area contributed by atoms with Gasteiger partial charge in [0.2, 0.25) is 0 Å². The van der Waals surface area contributed by atoms with Crippen LogP contribution in [0.4, 0.5) is 0 Å². The molecule has 0 unspecified atom stereocenters. The third-order valence-electron chi connectivity index (χ3n) is 7.52. The molecule has 0 saturated heterocycles. The molecule has 8 rings (SSSR count). The summed E-state index contributed by atoms with van der Waals surface area (Å²) in [5.41, 5.74) is 9.35. The molecule has 1 aliphatic rings. The van der Waals surface area contributed by atoms with E-state index in [4.69, 9.17) is 9.40 Å². The molecule has 1 radical (unpaired) electrons. The molecule has 0 amide bonds. The first-order valence-electron chi connectivity index (χ1n) is 13.4. The van der Waals surface area contributed by atoms with Gasteiger partial charge in [0.05, 0.1) is 28.0 Å². The fourth-order valence-electron chi connectivity index (χ4n) is 5.53. The maximum Gasteiger partial charge on any atom is 0.120 e. The number of allylic oxidation sites excluding steroid dienone is 1. The molecule has 5 heteroatoms. The summed E-state index contributed by atoms with van der Waals surface area (Å²) in [5, 5.41) is 2.23. The van der Waals surface area contributed by atoms with Crippen LogP contribution in [-0.4, -0.2) is 14.5 Å².